The molecule has 2 aromatic carbocycles. The monoisotopic (exact) mass is 230 g/mol. The van der Waals surface area contributed by atoms with E-state index in [9.17, 15) is 4.79 Å². The fourth-order valence-electron chi connectivity index (χ4n) is 2.35. The zero-order chi connectivity index (χ0) is 11.1. The average Bonchev–Trinajstić information content (AvgIpc) is 2.27. The van der Waals surface area contributed by atoms with Gasteiger partial charge in [-0.05, 0) is 23.4 Å². The molecule has 3 rings (SSSR count). The van der Waals surface area contributed by atoms with Crippen LogP contribution in [-0.2, 0) is 4.79 Å². The topological polar surface area (TPSA) is 17.1 Å². The average molecular weight is 231 g/mol. The predicted octanol–water partition coefficient (Wildman–Crippen LogP) is 3.94. The highest BCUT2D eigenvalue weighted by Crippen LogP contribution is 2.39. The first-order chi connectivity index (χ1) is 7.77. The molecule has 1 nitrogen and oxygen atoms in total. The normalized spacial score (nSPS) is 19.8. The number of carbonyl (C=O) groups is 1. The van der Waals surface area contributed by atoms with E-state index < -0.39 is 0 Å². The molecule has 1 atom stereocenters. The second-order valence-electron chi connectivity index (χ2n) is 4.24. The number of hydrogen-bond donors (Lipinski definition) is 0. The van der Waals surface area contributed by atoms with Gasteiger partial charge >= 0.3 is 0 Å². The Labute approximate surface area is 99.0 Å². The van der Waals surface area contributed by atoms with E-state index in [0.717, 1.165) is 27.8 Å². The van der Waals surface area contributed by atoms with E-state index in [4.69, 9.17) is 11.6 Å². The van der Waals surface area contributed by atoms with Crippen LogP contribution in [-0.4, -0.2) is 5.78 Å². The summed E-state index contributed by atoms with van der Waals surface area (Å²) < 4.78 is 0. The second-order valence-corrected chi connectivity index (χ2v) is 4.65. The van der Waals surface area contributed by atoms with Crippen LogP contribution < -0.4 is 0 Å². The van der Waals surface area contributed by atoms with Gasteiger partial charge in [-0.25, -0.2) is 0 Å². The lowest BCUT2D eigenvalue weighted by Gasteiger charge is -2.25. The van der Waals surface area contributed by atoms with Gasteiger partial charge in [-0.1, -0.05) is 41.9 Å². The van der Waals surface area contributed by atoms with E-state index in [1.165, 1.54) is 0 Å². The van der Waals surface area contributed by atoms with Crippen LogP contribution in [0.5, 0.6) is 0 Å². The summed E-state index contributed by atoms with van der Waals surface area (Å²) in [5.74, 6) is 0.413. The van der Waals surface area contributed by atoms with E-state index in [1.54, 1.807) is 0 Å². The van der Waals surface area contributed by atoms with Crippen molar-refractivity contribution < 1.29 is 4.79 Å². The second kappa shape index (κ2) is 3.60. The molecule has 2 heteroatoms. The molecule has 0 saturated heterocycles. The summed E-state index contributed by atoms with van der Waals surface area (Å²) in [6.07, 6.45) is 1.68. The summed E-state index contributed by atoms with van der Waals surface area (Å²) in [5, 5.41) is 2.90. The van der Waals surface area contributed by atoms with Gasteiger partial charge in [0.25, 0.3) is 0 Å². The fourth-order valence-corrected chi connectivity index (χ4v) is 2.64. The molecule has 0 N–H and O–H groups in total. The molecule has 0 heterocycles. The molecule has 2 aromatic rings. The van der Waals surface area contributed by atoms with Gasteiger partial charge < -0.3 is 0 Å². The molecule has 0 aromatic heterocycles. The van der Waals surface area contributed by atoms with Gasteiger partial charge in [-0.2, -0.15) is 0 Å². The van der Waals surface area contributed by atoms with Crippen molar-refractivity contribution in [1.82, 2.24) is 0 Å². The first kappa shape index (κ1) is 9.86. The highest BCUT2D eigenvalue weighted by molar-refractivity contribution is 6.36. The standard InChI is InChI=1S/C14H11ClO/c15-12-6-2-4-9-3-1-5-11(14(9)12)10-7-8-13(10)16/h1-6,10H,7-8H2. The van der Waals surface area contributed by atoms with E-state index in [-0.39, 0.29) is 5.92 Å². The molecule has 1 aliphatic rings. The molecule has 0 bridgehead atoms. The van der Waals surface area contributed by atoms with Crippen molar-refractivity contribution in [3.8, 4) is 0 Å². The Morgan fingerprint density at radius 2 is 1.88 bits per heavy atom. The van der Waals surface area contributed by atoms with Gasteiger partial charge in [0.1, 0.15) is 5.78 Å². The Bertz CT molecular complexity index is 569. The van der Waals surface area contributed by atoms with Crippen LogP contribution in [0.1, 0.15) is 24.3 Å². The van der Waals surface area contributed by atoms with Crippen molar-refractivity contribution in [3.63, 3.8) is 0 Å². The minimum atomic E-state index is 0.0728. The van der Waals surface area contributed by atoms with Crippen LogP contribution >= 0.6 is 11.6 Å². The lowest BCUT2D eigenvalue weighted by atomic mass is 9.77. The van der Waals surface area contributed by atoms with Gasteiger partial charge in [0.15, 0.2) is 0 Å². The molecular weight excluding hydrogens is 220 g/mol. The van der Waals surface area contributed by atoms with Crippen LogP contribution in [0.4, 0.5) is 0 Å². The summed E-state index contributed by atoms with van der Waals surface area (Å²) in [5.41, 5.74) is 1.10. The molecule has 80 valence electrons. The molecule has 0 radical (unpaired) electrons. The van der Waals surface area contributed by atoms with Crippen LogP contribution in [0.2, 0.25) is 5.02 Å². The molecule has 1 aliphatic carbocycles. The summed E-state index contributed by atoms with van der Waals surface area (Å²) in [7, 11) is 0. The molecule has 1 saturated carbocycles. The molecule has 0 aliphatic heterocycles. The lowest BCUT2D eigenvalue weighted by Crippen LogP contribution is -2.23. The maximum Gasteiger partial charge on any atom is 0.140 e. The third kappa shape index (κ3) is 1.35. The number of fused-ring (bicyclic) bond motifs is 1. The zero-order valence-electron chi connectivity index (χ0n) is 8.74. The van der Waals surface area contributed by atoms with Crippen LogP contribution in [0.15, 0.2) is 36.4 Å². The van der Waals surface area contributed by atoms with Crippen LogP contribution in [0.25, 0.3) is 10.8 Å². The number of ketones is 1. The van der Waals surface area contributed by atoms with Gasteiger partial charge in [0, 0.05) is 22.7 Å². The third-order valence-corrected chi connectivity index (χ3v) is 3.64. The minimum Gasteiger partial charge on any atom is -0.299 e. The SMILES string of the molecule is O=C1CCC1c1cccc2cccc(Cl)c12. The number of Topliss-reactive ketones (excluding diaryl/α,β-unsaturated/α-hetero) is 1. The van der Waals surface area contributed by atoms with Crippen molar-refractivity contribution in [2.45, 2.75) is 18.8 Å². The van der Waals surface area contributed by atoms with Crippen LogP contribution in [0.3, 0.4) is 0 Å². The van der Waals surface area contributed by atoms with E-state index in [1.807, 2.05) is 36.4 Å². The van der Waals surface area contributed by atoms with Gasteiger partial charge in [-0.3, -0.25) is 4.79 Å². The minimum absolute atomic E-state index is 0.0728. The number of hydrogen-bond acceptors (Lipinski definition) is 1. The first-order valence-corrected chi connectivity index (χ1v) is 5.85. The van der Waals surface area contributed by atoms with Crippen molar-refractivity contribution >= 4 is 28.2 Å². The smallest absolute Gasteiger partial charge is 0.140 e. The molecule has 16 heavy (non-hydrogen) atoms. The zero-order valence-corrected chi connectivity index (χ0v) is 9.50. The van der Waals surface area contributed by atoms with Gasteiger partial charge in [0.2, 0.25) is 0 Å². The molecular formula is C14H11ClO. The maximum atomic E-state index is 11.5. The van der Waals surface area contributed by atoms with Gasteiger partial charge in [-0.15, -0.1) is 0 Å². The molecule has 1 unspecified atom stereocenters. The number of halogens is 1. The largest absolute Gasteiger partial charge is 0.299 e. The molecule has 1 fully saturated rings. The van der Waals surface area contributed by atoms with Crippen molar-refractivity contribution in [1.29, 1.82) is 0 Å². The highest BCUT2D eigenvalue weighted by Gasteiger charge is 2.30. The predicted molar refractivity (Wildman–Crippen MR) is 65.9 cm³/mol. The van der Waals surface area contributed by atoms with Crippen LogP contribution in [0, 0.1) is 0 Å². The summed E-state index contributed by atoms with van der Waals surface area (Å²) in [6.45, 7) is 0. The first-order valence-electron chi connectivity index (χ1n) is 5.47. The van der Waals surface area contributed by atoms with E-state index >= 15 is 0 Å². The number of carbonyl (C=O) groups excluding carboxylic acids is 1. The Kier molecular flexibility index (Phi) is 2.22. The molecule has 0 spiro atoms. The van der Waals surface area contributed by atoms with Crippen molar-refractivity contribution in [2.24, 2.45) is 0 Å². The Morgan fingerprint density at radius 3 is 2.50 bits per heavy atom. The van der Waals surface area contributed by atoms with Crippen molar-refractivity contribution in [2.75, 3.05) is 0 Å². The Hall–Kier alpha value is -1.34. The maximum absolute atomic E-state index is 11.5. The van der Waals surface area contributed by atoms with Crippen molar-refractivity contribution in [3.05, 3.63) is 47.0 Å². The van der Waals surface area contributed by atoms with E-state index in [2.05, 4.69) is 0 Å². The van der Waals surface area contributed by atoms with Gasteiger partial charge in [0.05, 0.1) is 0 Å². The highest BCUT2D eigenvalue weighted by atomic mass is 35.5. The molecule has 0 amide bonds. The summed E-state index contributed by atoms with van der Waals surface area (Å²) >= 11 is 6.22. The number of benzene rings is 2. The summed E-state index contributed by atoms with van der Waals surface area (Å²) in [4.78, 5) is 11.5. The number of rotatable bonds is 1. The lowest BCUT2D eigenvalue weighted by molar-refractivity contribution is -0.125. The third-order valence-electron chi connectivity index (χ3n) is 3.33. The van der Waals surface area contributed by atoms with E-state index in [0.29, 0.717) is 12.2 Å². The fraction of sp³-hybridized carbons (Fsp3) is 0.214. The Morgan fingerprint density at radius 1 is 1.12 bits per heavy atom. The quantitative estimate of drug-likeness (QED) is 0.725. The summed E-state index contributed by atoms with van der Waals surface area (Å²) in [6, 6.07) is 11.9. The Balaban J connectivity index is 2.28.